The molecule has 4 rings (SSSR count). The Bertz CT molecular complexity index is 891. The van der Waals surface area contributed by atoms with Crippen molar-refractivity contribution in [2.75, 3.05) is 0 Å². The van der Waals surface area contributed by atoms with Gasteiger partial charge in [0.05, 0.1) is 5.69 Å². The third-order valence-corrected chi connectivity index (χ3v) is 4.67. The summed E-state index contributed by atoms with van der Waals surface area (Å²) in [6.45, 7) is 1.97. The van der Waals surface area contributed by atoms with Crippen LogP contribution in [0.4, 0.5) is 0 Å². The van der Waals surface area contributed by atoms with Crippen LogP contribution in [-0.4, -0.2) is 31.9 Å². The minimum absolute atomic E-state index is 0.105. The summed E-state index contributed by atoms with van der Waals surface area (Å²) in [7, 11) is 0. The molecule has 7 heteroatoms. The number of carbonyl (C=O) groups excluding carboxylic acids is 1. The van der Waals surface area contributed by atoms with E-state index in [0.29, 0.717) is 23.8 Å². The molecule has 1 N–H and O–H groups in total. The molecule has 1 aliphatic rings. The van der Waals surface area contributed by atoms with Crippen molar-refractivity contribution in [3.63, 3.8) is 0 Å². The van der Waals surface area contributed by atoms with Crippen LogP contribution in [0.1, 0.15) is 49.0 Å². The van der Waals surface area contributed by atoms with Crippen LogP contribution in [0.15, 0.2) is 41.1 Å². The molecule has 7 nitrogen and oxygen atoms in total. The van der Waals surface area contributed by atoms with Gasteiger partial charge in [-0.25, -0.2) is 4.68 Å². The van der Waals surface area contributed by atoms with Crippen molar-refractivity contribution in [3.05, 3.63) is 48.1 Å². The zero-order chi connectivity index (χ0) is 17.9. The van der Waals surface area contributed by atoms with Gasteiger partial charge in [-0.05, 0) is 43.2 Å². The van der Waals surface area contributed by atoms with Crippen LogP contribution >= 0.6 is 0 Å². The second-order valence-corrected chi connectivity index (χ2v) is 6.51. The summed E-state index contributed by atoms with van der Waals surface area (Å²) in [5.41, 5.74) is 2.18. The van der Waals surface area contributed by atoms with Gasteiger partial charge in [0.25, 0.3) is 5.91 Å². The molecule has 1 amide bonds. The number of nitrogens with zero attached hydrogens (tertiary/aromatic N) is 4. The fourth-order valence-electron chi connectivity index (χ4n) is 3.20. The molecule has 134 valence electrons. The second-order valence-electron chi connectivity index (χ2n) is 6.51. The Labute approximate surface area is 151 Å². The van der Waals surface area contributed by atoms with Crippen LogP contribution < -0.4 is 5.32 Å². The van der Waals surface area contributed by atoms with Crippen molar-refractivity contribution in [2.45, 2.75) is 45.1 Å². The summed E-state index contributed by atoms with van der Waals surface area (Å²) in [5, 5.41) is 11.4. The average Bonchev–Trinajstić information content (AvgIpc) is 3.42. The third-order valence-electron chi connectivity index (χ3n) is 4.67. The fraction of sp³-hybridized carbons (Fsp3) is 0.368. The van der Waals surface area contributed by atoms with Gasteiger partial charge in [-0.2, -0.15) is 10.1 Å². The predicted molar refractivity (Wildman–Crippen MR) is 96.0 cm³/mol. The number of carbonyl (C=O) groups is 1. The monoisotopic (exact) mass is 351 g/mol. The van der Waals surface area contributed by atoms with Crippen LogP contribution in [0.25, 0.3) is 17.1 Å². The number of hydrogen-bond donors (Lipinski definition) is 1. The molecule has 1 saturated carbocycles. The van der Waals surface area contributed by atoms with Crippen LogP contribution in [0.5, 0.6) is 0 Å². The van der Waals surface area contributed by atoms with Crippen molar-refractivity contribution < 1.29 is 9.32 Å². The van der Waals surface area contributed by atoms with Gasteiger partial charge < -0.3 is 9.84 Å². The van der Waals surface area contributed by atoms with Gasteiger partial charge in [-0.15, -0.1) is 0 Å². The van der Waals surface area contributed by atoms with Crippen LogP contribution in [-0.2, 0) is 6.42 Å². The Hall–Kier alpha value is -2.96. The molecule has 3 aromatic rings. The summed E-state index contributed by atoms with van der Waals surface area (Å²) in [4.78, 5) is 16.6. The summed E-state index contributed by atoms with van der Waals surface area (Å²) >= 11 is 0. The van der Waals surface area contributed by atoms with E-state index < -0.39 is 0 Å². The maximum absolute atomic E-state index is 12.3. The van der Waals surface area contributed by atoms with Crippen LogP contribution in [0.3, 0.4) is 0 Å². The SMILES string of the molecule is CCc1nc(-c2ccc(-n3ccc(C(=O)NC4CCCC4)n3)cc2)no1. The highest BCUT2D eigenvalue weighted by Crippen LogP contribution is 2.19. The van der Waals surface area contributed by atoms with E-state index in [4.69, 9.17) is 4.52 Å². The quantitative estimate of drug-likeness (QED) is 0.763. The number of nitrogens with one attached hydrogen (secondary N) is 1. The Balaban J connectivity index is 1.47. The molecule has 26 heavy (non-hydrogen) atoms. The molecule has 0 atom stereocenters. The molecular formula is C19H21N5O2. The summed E-state index contributed by atoms with van der Waals surface area (Å²) < 4.78 is 6.84. The number of hydrogen-bond acceptors (Lipinski definition) is 5. The zero-order valence-corrected chi connectivity index (χ0v) is 14.7. The molecule has 2 aromatic heterocycles. The Morgan fingerprint density at radius 2 is 2.00 bits per heavy atom. The van der Waals surface area contributed by atoms with E-state index in [1.807, 2.05) is 31.2 Å². The van der Waals surface area contributed by atoms with E-state index >= 15 is 0 Å². The first kappa shape index (κ1) is 16.5. The lowest BCUT2D eigenvalue weighted by Crippen LogP contribution is -2.32. The van der Waals surface area contributed by atoms with E-state index in [2.05, 4.69) is 20.6 Å². The first-order valence-electron chi connectivity index (χ1n) is 9.03. The largest absolute Gasteiger partial charge is 0.348 e. The fourth-order valence-corrected chi connectivity index (χ4v) is 3.20. The minimum Gasteiger partial charge on any atom is -0.348 e. The molecular weight excluding hydrogens is 330 g/mol. The van der Waals surface area contributed by atoms with Gasteiger partial charge >= 0.3 is 0 Å². The smallest absolute Gasteiger partial charge is 0.272 e. The van der Waals surface area contributed by atoms with Gasteiger partial charge in [-0.3, -0.25) is 4.79 Å². The highest BCUT2D eigenvalue weighted by molar-refractivity contribution is 5.92. The standard InChI is InChI=1S/C19H21N5O2/c1-2-17-21-18(23-26-17)13-7-9-15(10-8-13)24-12-11-16(22-24)19(25)20-14-5-3-4-6-14/h7-12,14H,2-6H2,1H3,(H,20,25). The van der Waals surface area contributed by atoms with E-state index in [9.17, 15) is 4.79 Å². The Morgan fingerprint density at radius 1 is 1.23 bits per heavy atom. The van der Waals surface area contributed by atoms with Gasteiger partial charge in [-0.1, -0.05) is 24.9 Å². The maximum Gasteiger partial charge on any atom is 0.272 e. The number of amides is 1. The van der Waals surface area contributed by atoms with E-state index in [1.165, 1.54) is 12.8 Å². The maximum atomic E-state index is 12.3. The second kappa shape index (κ2) is 7.11. The molecule has 0 saturated heterocycles. The average molecular weight is 351 g/mol. The third kappa shape index (κ3) is 3.37. The molecule has 1 aromatic carbocycles. The van der Waals surface area contributed by atoms with E-state index in [-0.39, 0.29) is 11.9 Å². The molecule has 0 radical (unpaired) electrons. The molecule has 1 aliphatic carbocycles. The summed E-state index contributed by atoms with van der Waals surface area (Å²) in [5.74, 6) is 1.09. The number of rotatable bonds is 5. The molecule has 0 unspecified atom stereocenters. The molecule has 1 fully saturated rings. The van der Waals surface area contributed by atoms with Gasteiger partial charge in [0.1, 0.15) is 0 Å². The zero-order valence-electron chi connectivity index (χ0n) is 14.7. The Kier molecular flexibility index (Phi) is 4.51. The molecule has 2 heterocycles. The number of aromatic nitrogens is 4. The van der Waals surface area contributed by atoms with Gasteiger partial charge in [0.15, 0.2) is 5.69 Å². The van der Waals surface area contributed by atoms with Crippen molar-refractivity contribution in [2.24, 2.45) is 0 Å². The number of benzene rings is 1. The lowest BCUT2D eigenvalue weighted by molar-refractivity contribution is 0.0932. The lowest BCUT2D eigenvalue weighted by atomic mass is 10.2. The van der Waals surface area contributed by atoms with Crippen molar-refractivity contribution in [1.29, 1.82) is 0 Å². The summed E-state index contributed by atoms with van der Waals surface area (Å²) in [6.07, 6.45) is 7.00. The topological polar surface area (TPSA) is 85.8 Å². The summed E-state index contributed by atoms with van der Waals surface area (Å²) in [6, 6.07) is 9.70. The van der Waals surface area contributed by atoms with Crippen LogP contribution in [0, 0.1) is 0 Å². The lowest BCUT2D eigenvalue weighted by Gasteiger charge is -2.10. The first-order chi connectivity index (χ1) is 12.7. The van der Waals surface area contributed by atoms with Crippen molar-refractivity contribution in [3.8, 4) is 17.1 Å². The Morgan fingerprint density at radius 3 is 2.69 bits per heavy atom. The van der Waals surface area contributed by atoms with Gasteiger partial charge in [0.2, 0.25) is 11.7 Å². The molecule has 0 aliphatic heterocycles. The molecule has 0 spiro atoms. The highest BCUT2D eigenvalue weighted by atomic mass is 16.5. The van der Waals surface area contributed by atoms with Crippen LogP contribution in [0.2, 0.25) is 0 Å². The highest BCUT2D eigenvalue weighted by Gasteiger charge is 2.19. The molecule has 0 bridgehead atoms. The predicted octanol–water partition coefficient (Wildman–Crippen LogP) is 3.16. The van der Waals surface area contributed by atoms with Gasteiger partial charge in [0, 0.05) is 24.2 Å². The van der Waals surface area contributed by atoms with Crippen molar-refractivity contribution in [1.82, 2.24) is 25.2 Å². The van der Waals surface area contributed by atoms with Crippen molar-refractivity contribution >= 4 is 5.91 Å². The first-order valence-corrected chi connectivity index (χ1v) is 9.03. The van der Waals surface area contributed by atoms with E-state index in [1.54, 1.807) is 16.9 Å². The number of aryl methyl sites for hydroxylation is 1. The normalized spacial score (nSPS) is 14.7. The van der Waals surface area contributed by atoms with E-state index in [0.717, 1.165) is 24.1 Å². The minimum atomic E-state index is -0.105.